The third-order valence-electron chi connectivity index (χ3n) is 2.49. The first kappa shape index (κ1) is 15.2. The molecule has 0 aliphatic heterocycles. The summed E-state index contributed by atoms with van der Waals surface area (Å²) >= 11 is 8.59. The Morgan fingerprint density at radius 2 is 2.12 bits per heavy atom. The molecule has 0 fully saturated rings. The fourth-order valence-electron chi connectivity index (χ4n) is 1.43. The first-order valence-electron chi connectivity index (χ1n) is 5.62. The number of hydrogen-bond acceptors (Lipinski definition) is 2. The zero-order valence-electron chi connectivity index (χ0n) is 10.2. The Balaban J connectivity index is 2.68. The molecule has 0 aliphatic carbocycles. The van der Waals surface area contributed by atoms with Crippen molar-refractivity contribution in [2.24, 2.45) is 5.92 Å². The van der Waals surface area contributed by atoms with Gasteiger partial charge in [-0.2, -0.15) is 0 Å². The van der Waals surface area contributed by atoms with E-state index in [1.54, 1.807) is 11.3 Å². The summed E-state index contributed by atoms with van der Waals surface area (Å²) in [5, 5.41) is 0. The molecule has 0 saturated carbocycles. The van der Waals surface area contributed by atoms with Crippen molar-refractivity contribution >= 4 is 49.1 Å². The summed E-state index contributed by atoms with van der Waals surface area (Å²) in [7, 11) is 0. The van der Waals surface area contributed by atoms with Crippen LogP contribution in [0.25, 0.3) is 0 Å². The third-order valence-corrected chi connectivity index (χ3v) is 5.55. The Kier molecular flexibility index (Phi) is 6.17. The molecule has 1 rings (SSSR count). The molecule has 0 saturated heterocycles. The van der Waals surface area contributed by atoms with Crippen molar-refractivity contribution in [3.05, 3.63) is 20.8 Å². The smallest absolute Gasteiger partial charge is 0.236 e. The van der Waals surface area contributed by atoms with Crippen molar-refractivity contribution in [3.63, 3.8) is 0 Å². The number of hydrogen-bond donors (Lipinski definition) is 0. The van der Waals surface area contributed by atoms with Crippen molar-refractivity contribution in [2.75, 3.05) is 6.54 Å². The molecule has 0 aromatic carbocycles. The predicted molar refractivity (Wildman–Crippen MR) is 80.7 cm³/mol. The molecule has 5 heteroatoms. The normalized spacial score (nSPS) is 12.8. The average Bonchev–Trinajstić information content (AvgIpc) is 2.69. The van der Waals surface area contributed by atoms with E-state index < -0.39 is 0 Å². The van der Waals surface area contributed by atoms with E-state index in [1.165, 1.54) is 4.88 Å². The Labute approximate surface area is 124 Å². The van der Waals surface area contributed by atoms with Crippen LogP contribution in [0.3, 0.4) is 0 Å². The molecule has 1 aromatic heterocycles. The van der Waals surface area contributed by atoms with Crippen LogP contribution in [0.1, 0.15) is 25.6 Å². The lowest BCUT2D eigenvalue weighted by Crippen LogP contribution is -2.37. The SMILES string of the molecule is CCN(Cc1ccc(Br)s1)C(=O)C(Br)C(C)C. The van der Waals surface area contributed by atoms with Gasteiger partial charge in [-0.25, -0.2) is 0 Å². The van der Waals surface area contributed by atoms with Crippen LogP contribution in [0.2, 0.25) is 0 Å². The molecule has 1 amide bonds. The van der Waals surface area contributed by atoms with Gasteiger partial charge in [0.1, 0.15) is 0 Å². The summed E-state index contributed by atoms with van der Waals surface area (Å²) in [6, 6.07) is 4.08. The van der Waals surface area contributed by atoms with Crippen LogP contribution < -0.4 is 0 Å². The number of alkyl halides is 1. The zero-order valence-corrected chi connectivity index (χ0v) is 14.2. The van der Waals surface area contributed by atoms with Gasteiger partial charge in [0.15, 0.2) is 0 Å². The van der Waals surface area contributed by atoms with Crippen LogP contribution in [0.4, 0.5) is 0 Å². The molecular formula is C12H17Br2NOS. The lowest BCUT2D eigenvalue weighted by molar-refractivity contribution is -0.131. The molecule has 1 aromatic rings. The lowest BCUT2D eigenvalue weighted by Gasteiger charge is -2.24. The molecule has 0 N–H and O–H groups in total. The molecule has 17 heavy (non-hydrogen) atoms. The highest BCUT2D eigenvalue weighted by molar-refractivity contribution is 9.11. The Morgan fingerprint density at radius 3 is 2.53 bits per heavy atom. The van der Waals surface area contributed by atoms with E-state index in [1.807, 2.05) is 31.7 Å². The molecular weight excluding hydrogens is 366 g/mol. The molecule has 0 spiro atoms. The minimum Gasteiger partial charge on any atom is -0.337 e. The quantitative estimate of drug-likeness (QED) is 0.696. The Hall–Kier alpha value is 0.130. The van der Waals surface area contributed by atoms with Gasteiger partial charge in [-0.3, -0.25) is 4.79 Å². The number of halogens is 2. The van der Waals surface area contributed by atoms with Gasteiger partial charge in [-0.05, 0) is 40.9 Å². The summed E-state index contributed by atoms with van der Waals surface area (Å²) < 4.78 is 1.11. The monoisotopic (exact) mass is 381 g/mol. The number of rotatable bonds is 5. The van der Waals surface area contributed by atoms with Crippen LogP contribution in [-0.2, 0) is 11.3 Å². The minimum atomic E-state index is -0.0918. The van der Waals surface area contributed by atoms with E-state index >= 15 is 0 Å². The number of nitrogens with zero attached hydrogens (tertiary/aromatic N) is 1. The lowest BCUT2D eigenvalue weighted by atomic mass is 10.1. The number of carbonyl (C=O) groups is 1. The molecule has 2 nitrogen and oxygen atoms in total. The van der Waals surface area contributed by atoms with Gasteiger partial charge in [0.25, 0.3) is 0 Å². The van der Waals surface area contributed by atoms with Crippen molar-refractivity contribution in [2.45, 2.75) is 32.1 Å². The van der Waals surface area contributed by atoms with Gasteiger partial charge in [-0.15, -0.1) is 11.3 Å². The van der Waals surface area contributed by atoms with Gasteiger partial charge in [0.2, 0.25) is 5.91 Å². The van der Waals surface area contributed by atoms with Crippen molar-refractivity contribution in [3.8, 4) is 0 Å². The summed E-state index contributed by atoms with van der Waals surface area (Å²) in [5.74, 6) is 0.485. The molecule has 1 unspecified atom stereocenters. The van der Waals surface area contributed by atoms with E-state index in [-0.39, 0.29) is 10.7 Å². The Bertz CT molecular complexity index is 378. The molecule has 0 aliphatic rings. The maximum absolute atomic E-state index is 12.2. The summed E-state index contributed by atoms with van der Waals surface area (Å²) in [6.45, 7) is 7.55. The molecule has 1 heterocycles. The largest absolute Gasteiger partial charge is 0.337 e. The fraction of sp³-hybridized carbons (Fsp3) is 0.583. The number of thiophene rings is 1. The van der Waals surface area contributed by atoms with Gasteiger partial charge in [-0.1, -0.05) is 29.8 Å². The fourth-order valence-corrected chi connectivity index (χ4v) is 3.22. The van der Waals surface area contributed by atoms with Gasteiger partial charge in [0.05, 0.1) is 15.2 Å². The molecule has 0 radical (unpaired) electrons. The second-order valence-corrected chi connectivity index (χ2v) is 7.74. The van der Waals surface area contributed by atoms with Crippen LogP contribution >= 0.6 is 43.2 Å². The van der Waals surface area contributed by atoms with Gasteiger partial charge >= 0.3 is 0 Å². The summed E-state index contributed by atoms with van der Waals surface area (Å²) in [5.41, 5.74) is 0. The van der Waals surface area contributed by atoms with Crippen LogP contribution in [0, 0.1) is 5.92 Å². The van der Waals surface area contributed by atoms with Crippen LogP contribution in [-0.4, -0.2) is 22.2 Å². The van der Waals surface area contributed by atoms with Crippen molar-refractivity contribution in [1.29, 1.82) is 0 Å². The zero-order chi connectivity index (χ0) is 13.0. The highest BCUT2D eigenvalue weighted by Gasteiger charge is 2.23. The van der Waals surface area contributed by atoms with Crippen molar-refractivity contribution in [1.82, 2.24) is 4.90 Å². The van der Waals surface area contributed by atoms with Crippen LogP contribution in [0.15, 0.2) is 15.9 Å². The maximum Gasteiger partial charge on any atom is 0.236 e. The summed E-state index contributed by atoms with van der Waals surface area (Å²) in [6.07, 6.45) is 0. The molecule has 96 valence electrons. The molecule has 1 atom stereocenters. The second kappa shape index (κ2) is 6.90. The van der Waals surface area contributed by atoms with E-state index in [0.29, 0.717) is 12.5 Å². The van der Waals surface area contributed by atoms with Gasteiger partial charge in [0, 0.05) is 11.4 Å². The van der Waals surface area contributed by atoms with Gasteiger partial charge < -0.3 is 4.90 Å². The first-order chi connectivity index (χ1) is 7.95. The highest BCUT2D eigenvalue weighted by atomic mass is 79.9. The van der Waals surface area contributed by atoms with E-state index in [4.69, 9.17) is 0 Å². The van der Waals surface area contributed by atoms with E-state index in [2.05, 4.69) is 37.9 Å². The minimum absolute atomic E-state index is 0.0918. The van der Waals surface area contributed by atoms with Crippen molar-refractivity contribution < 1.29 is 4.79 Å². The maximum atomic E-state index is 12.2. The topological polar surface area (TPSA) is 20.3 Å². The first-order valence-corrected chi connectivity index (χ1v) is 8.15. The highest BCUT2D eigenvalue weighted by Crippen LogP contribution is 2.24. The average molecular weight is 383 g/mol. The second-order valence-electron chi connectivity index (χ2n) is 4.20. The number of carbonyl (C=O) groups excluding carboxylic acids is 1. The molecule has 0 bridgehead atoms. The van der Waals surface area contributed by atoms with Crippen LogP contribution in [0.5, 0.6) is 0 Å². The standard InChI is InChI=1S/C12H17Br2NOS/c1-4-15(12(16)11(14)8(2)3)7-9-5-6-10(13)17-9/h5-6,8,11H,4,7H2,1-3H3. The summed E-state index contributed by atoms with van der Waals surface area (Å²) in [4.78, 5) is 15.2. The number of amides is 1. The van der Waals surface area contributed by atoms with E-state index in [9.17, 15) is 4.79 Å². The third kappa shape index (κ3) is 4.38. The van der Waals surface area contributed by atoms with E-state index in [0.717, 1.165) is 10.3 Å². The Morgan fingerprint density at radius 1 is 1.47 bits per heavy atom. The predicted octanol–water partition coefficient (Wildman–Crippen LogP) is 4.28.